The maximum absolute atomic E-state index is 12.5. The number of rotatable bonds is 18. The summed E-state index contributed by atoms with van der Waals surface area (Å²) in [5, 5.41) is 12.9. The SMILES string of the molecule is NCCCCCC(=O)NCCCOCC(O)COP(=O)(O)O[C@@H]1C[C@H](n2cnc3c(N)ncnc32)OC1CN. The van der Waals surface area contributed by atoms with Crippen molar-refractivity contribution in [3.8, 4) is 0 Å². The number of hydrogen-bond donors (Lipinski definition) is 6. The molecule has 1 amide bonds. The third-order valence-electron chi connectivity index (χ3n) is 6.01. The third-order valence-corrected chi connectivity index (χ3v) is 7.03. The number of unbranched alkanes of at least 4 members (excludes halogenated alkanes) is 2. The molecule has 2 aromatic heterocycles. The number of imidazole rings is 1. The van der Waals surface area contributed by atoms with E-state index in [1.165, 1.54) is 12.7 Å². The molecular formula is C22H39N8O8P. The maximum atomic E-state index is 12.5. The average Bonchev–Trinajstić information content (AvgIpc) is 3.52. The van der Waals surface area contributed by atoms with Gasteiger partial charge < -0.3 is 42.0 Å². The van der Waals surface area contributed by atoms with E-state index in [0.717, 1.165) is 19.3 Å². The van der Waals surface area contributed by atoms with Crippen molar-refractivity contribution in [2.45, 2.75) is 63.1 Å². The number of aliphatic hydroxyl groups is 1. The fourth-order valence-electron chi connectivity index (χ4n) is 4.02. The molecule has 3 rings (SSSR count). The summed E-state index contributed by atoms with van der Waals surface area (Å²) in [7, 11) is -4.56. The Morgan fingerprint density at radius 3 is 2.82 bits per heavy atom. The van der Waals surface area contributed by atoms with Crippen LogP contribution in [-0.2, 0) is 27.9 Å². The predicted octanol–water partition coefficient (Wildman–Crippen LogP) is -0.440. The summed E-state index contributed by atoms with van der Waals surface area (Å²) in [6.07, 6.45) is 3.26. The maximum Gasteiger partial charge on any atom is 0.472 e. The molecule has 39 heavy (non-hydrogen) atoms. The number of nitrogens with zero attached hydrogens (tertiary/aromatic N) is 4. The lowest BCUT2D eigenvalue weighted by Crippen LogP contribution is -2.31. The molecule has 5 atom stereocenters. The molecule has 0 radical (unpaired) electrons. The number of aliphatic hydroxyl groups excluding tert-OH is 1. The summed E-state index contributed by atoms with van der Waals surface area (Å²) in [5.74, 6) is 0.194. The smallest absolute Gasteiger partial charge is 0.388 e. The molecule has 0 saturated carbocycles. The molecule has 1 fully saturated rings. The molecule has 0 bridgehead atoms. The van der Waals surface area contributed by atoms with Crippen molar-refractivity contribution in [2.24, 2.45) is 11.5 Å². The molecule has 1 aliphatic heterocycles. The first-order valence-electron chi connectivity index (χ1n) is 12.9. The van der Waals surface area contributed by atoms with Gasteiger partial charge in [0.25, 0.3) is 0 Å². The summed E-state index contributed by atoms with van der Waals surface area (Å²) in [4.78, 5) is 34.2. The molecule has 9 N–H and O–H groups in total. The lowest BCUT2D eigenvalue weighted by molar-refractivity contribution is -0.121. The Morgan fingerprint density at radius 1 is 1.23 bits per heavy atom. The number of phosphoric acid groups is 1. The van der Waals surface area contributed by atoms with Crippen LogP contribution in [0, 0.1) is 0 Å². The van der Waals surface area contributed by atoms with Crippen molar-refractivity contribution in [1.29, 1.82) is 0 Å². The Morgan fingerprint density at radius 2 is 2.05 bits per heavy atom. The number of hydrogen-bond acceptors (Lipinski definition) is 13. The Labute approximate surface area is 226 Å². The molecule has 3 heterocycles. The molecular weight excluding hydrogens is 535 g/mol. The van der Waals surface area contributed by atoms with Crippen molar-refractivity contribution in [3.05, 3.63) is 12.7 Å². The van der Waals surface area contributed by atoms with E-state index < -0.39 is 39.0 Å². The highest BCUT2D eigenvalue weighted by atomic mass is 31.2. The van der Waals surface area contributed by atoms with Gasteiger partial charge in [0.2, 0.25) is 5.91 Å². The molecule has 0 spiro atoms. The van der Waals surface area contributed by atoms with Gasteiger partial charge in [-0.2, -0.15) is 0 Å². The van der Waals surface area contributed by atoms with E-state index in [1.54, 1.807) is 4.57 Å². The molecule has 220 valence electrons. The number of amides is 1. The number of nitrogens with one attached hydrogen (secondary N) is 1. The third kappa shape index (κ3) is 9.70. The van der Waals surface area contributed by atoms with E-state index >= 15 is 0 Å². The van der Waals surface area contributed by atoms with Gasteiger partial charge in [-0.25, -0.2) is 19.5 Å². The molecule has 3 unspecified atom stereocenters. The van der Waals surface area contributed by atoms with E-state index in [0.29, 0.717) is 37.1 Å². The summed E-state index contributed by atoms with van der Waals surface area (Å²) < 4.78 is 35.7. The Hall–Kier alpha value is -2.27. The Balaban J connectivity index is 1.35. The van der Waals surface area contributed by atoms with Crippen LogP contribution in [0.2, 0.25) is 0 Å². The van der Waals surface area contributed by atoms with Gasteiger partial charge in [0, 0.05) is 32.5 Å². The van der Waals surface area contributed by atoms with Crippen molar-refractivity contribution in [3.63, 3.8) is 0 Å². The van der Waals surface area contributed by atoms with Gasteiger partial charge in [-0.05, 0) is 25.8 Å². The van der Waals surface area contributed by atoms with Gasteiger partial charge in [0.15, 0.2) is 11.5 Å². The number of ether oxygens (including phenoxy) is 2. The van der Waals surface area contributed by atoms with Crippen LogP contribution in [0.25, 0.3) is 11.2 Å². The number of anilines is 1. The van der Waals surface area contributed by atoms with Crippen LogP contribution in [0.4, 0.5) is 5.82 Å². The van der Waals surface area contributed by atoms with Crippen molar-refractivity contribution in [1.82, 2.24) is 24.8 Å². The minimum Gasteiger partial charge on any atom is -0.388 e. The highest BCUT2D eigenvalue weighted by Gasteiger charge is 2.41. The van der Waals surface area contributed by atoms with Gasteiger partial charge in [-0.1, -0.05) is 6.42 Å². The molecule has 1 aliphatic rings. The molecule has 17 heteroatoms. The monoisotopic (exact) mass is 574 g/mol. The number of fused-ring (bicyclic) bond motifs is 1. The van der Waals surface area contributed by atoms with Crippen LogP contribution < -0.4 is 22.5 Å². The topological polar surface area (TPSA) is 245 Å². The number of aromatic nitrogens is 4. The zero-order valence-corrected chi connectivity index (χ0v) is 22.7. The molecule has 0 aromatic carbocycles. The zero-order chi connectivity index (χ0) is 28.3. The Bertz CT molecular complexity index is 1090. The average molecular weight is 575 g/mol. The Kier molecular flexibility index (Phi) is 12.4. The molecule has 0 aliphatic carbocycles. The second kappa shape index (κ2) is 15.5. The number of nitrogen functional groups attached to an aromatic ring is 1. The normalized spacial score (nSPS) is 21.7. The van der Waals surface area contributed by atoms with Crippen LogP contribution in [-0.4, -0.2) is 93.2 Å². The summed E-state index contributed by atoms with van der Waals surface area (Å²) in [6.45, 7) is 0.781. The van der Waals surface area contributed by atoms with Crippen LogP contribution >= 0.6 is 7.82 Å². The van der Waals surface area contributed by atoms with E-state index in [4.69, 9.17) is 35.7 Å². The van der Waals surface area contributed by atoms with E-state index in [2.05, 4.69) is 20.3 Å². The first-order chi connectivity index (χ1) is 18.7. The first-order valence-corrected chi connectivity index (χ1v) is 14.4. The fraction of sp³-hybridized carbons (Fsp3) is 0.727. The van der Waals surface area contributed by atoms with Crippen molar-refractivity contribution < 1.29 is 37.9 Å². The standard InChI is InChI=1S/C22H39N8O8P/c23-6-3-1-2-5-18(32)26-7-4-8-35-11-15(31)12-36-39(33,34)38-16-9-19(37-17(16)10-24)30-14-29-20-21(25)27-13-28-22(20)30/h13-17,19,31H,1-12,23-24H2,(H,26,32)(H,33,34)(H2,25,27,28)/t15?,16-,17?,19-/m1/s1. The lowest BCUT2D eigenvalue weighted by Gasteiger charge is -2.21. The second-order valence-electron chi connectivity index (χ2n) is 9.12. The van der Waals surface area contributed by atoms with E-state index in [9.17, 15) is 19.4 Å². The lowest BCUT2D eigenvalue weighted by atomic mass is 10.2. The number of carbonyl (C=O) groups is 1. The van der Waals surface area contributed by atoms with Gasteiger partial charge in [0.05, 0.1) is 25.6 Å². The predicted molar refractivity (Wildman–Crippen MR) is 140 cm³/mol. The van der Waals surface area contributed by atoms with Crippen molar-refractivity contribution in [2.75, 3.05) is 45.2 Å². The summed E-state index contributed by atoms with van der Waals surface area (Å²) in [6, 6.07) is 0. The molecule has 16 nitrogen and oxygen atoms in total. The van der Waals surface area contributed by atoms with Gasteiger partial charge in [-0.3, -0.25) is 18.4 Å². The van der Waals surface area contributed by atoms with Crippen LogP contribution in [0.5, 0.6) is 0 Å². The minimum atomic E-state index is -4.56. The fourth-order valence-corrected chi connectivity index (χ4v) is 5.01. The second-order valence-corrected chi connectivity index (χ2v) is 10.5. The van der Waals surface area contributed by atoms with Crippen LogP contribution in [0.3, 0.4) is 0 Å². The highest BCUT2D eigenvalue weighted by Crippen LogP contribution is 2.48. The van der Waals surface area contributed by atoms with E-state index in [1.807, 2.05) is 0 Å². The van der Waals surface area contributed by atoms with E-state index in [-0.39, 0.29) is 37.9 Å². The molecule has 2 aromatic rings. The highest BCUT2D eigenvalue weighted by molar-refractivity contribution is 7.47. The summed E-state index contributed by atoms with van der Waals surface area (Å²) >= 11 is 0. The van der Waals surface area contributed by atoms with Crippen molar-refractivity contribution >= 4 is 30.7 Å². The minimum absolute atomic E-state index is 0.0212. The van der Waals surface area contributed by atoms with Gasteiger partial charge in [0.1, 0.15) is 30.3 Å². The van der Waals surface area contributed by atoms with Gasteiger partial charge >= 0.3 is 7.82 Å². The zero-order valence-electron chi connectivity index (χ0n) is 21.8. The number of carbonyl (C=O) groups excluding carboxylic acids is 1. The summed E-state index contributed by atoms with van der Waals surface area (Å²) in [5.41, 5.74) is 17.9. The van der Waals surface area contributed by atoms with Crippen LogP contribution in [0.1, 0.15) is 44.8 Å². The number of nitrogens with two attached hydrogens (primary N) is 3. The largest absolute Gasteiger partial charge is 0.472 e. The quantitative estimate of drug-likeness (QED) is 0.0976. The number of phosphoric ester groups is 1. The first kappa shape index (κ1) is 31.3. The van der Waals surface area contributed by atoms with Gasteiger partial charge in [-0.15, -0.1) is 0 Å². The molecule has 1 saturated heterocycles. The van der Waals surface area contributed by atoms with Crippen LogP contribution in [0.15, 0.2) is 12.7 Å².